The molecular formula is C23H41NO4Sn. The first-order valence-corrected chi connectivity index (χ1v) is 19.0. The van der Waals surface area contributed by atoms with Crippen molar-refractivity contribution in [3.63, 3.8) is 0 Å². The standard InChI is InChI=1S/C11H14NO4.3C4H9.Sn/c1-13-11-6-9(2-3-12-11)16-8-10-7-14-4-5-15-10;3*1-3-4-2;/h2,6,10H,4-5,7-8H2,1H3;3*1,3-4H2,2H3;. The third-order valence-corrected chi connectivity index (χ3v) is 20.9. The molecule has 1 unspecified atom stereocenters. The molecule has 2 heterocycles. The van der Waals surface area contributed by atoms with Gasteiger partial charge in [0.25, 0.3) is 0 Å². The summed E-state index contributed by atoms with van der Waals surface area (Å²) < 4.78 is 28.4. The maximum atomic E-state index is 6.15. The number of methoxy groups -OCH3 is 1. The fraction of sp³-hybridized carbons (Fsp3) is 0.783. The number of rotatable bonds is 14. The Morgan fingerprint density at radius 1 is 1.00 bits per heavy atom. The summed E-state index contributed by atoms with van der Waals surface area (Å²) in [5, 5.41) is 0. The summed E-state index contributed by atoms with van der Waals surface area (Å²) in [5.41, 5.74) is 0. The summed E-state index contributed by atoms with van der Waals surface area (Å²) in [6.07, 6.45) is 7.69. The molecule has 29 heavy (non-hydrogen) atoms. The predicted molar refractivity (Wildman–Crippen MR) is 121 cm³/mol. The van der Waals surface area contributed by atoms with Gasteiger partial charge >= 0.3 is 182 Å². The van der Waals surface area contributed by atoms with Crippen LogP contribution in [-0.2, 0) is 9.47 Å². The van der Waals surface area contributed by atoms with E-state index in [1.54, 1.807) is 7.11 Å². The molecule has 0 bridgehead atoms. The van der Waals surface area contributed by atoms with Gasteiger partial charge < -0.3 is 0 Å². The van der Waals surface area contributed by atoms with Gasteiger partial charge in [0, 0.05) is 0 Å². The molecule has 1 saturated heterocycles. The summed E-state index contributed by atoms with van der Waals surface area (Å²) in [4.78, 5) is 5.01. The van der Waals surface area contributed by atoms with E-state index in [0.717, 1.165) is 5.75 Å². The fourth-order valence-corrected chi connectivity index (χ4v) is 19.5. The van der Waals surface area contributed by atoms with E-state index in [-0.39, 0.29) is 6.10 Å². The topological polar surface area (TPSA) is 49.8 Å². The minimum absolute atomic E-state index is 0.0000872. The molecule has 1 aliphatic rings. The van der Waals surface area contributed by atoms with Crippen LogP contribution in [0.3, 0.4) is 0 Å². The van der Waals surface area contributed by atoms with Gasteiger partial charge in [-0.05, 0) is 0 Å². The Kier molecular flexibility index (Phi) is 11.7. The van der Waals surface area contributed by atoms with E-state index in [1.807, 2.05) is 6.07 Å². The number of hydrogen-bond acceptors (Lipinski definition) is 5. The first kappa shape index (κ1) is 24.7. The SMILES string of the molecule is CCC[CH2][Sn]([CH2]CCC)([CH2]CCC)[c]1cc(OCC2COCCO2)cc(OC)n1. The van der Waals surface area contributed by atoms with Crippen molar-refractivity contribution in [1.29, 1.82) is 0 Å². The number of nitrogens with zero attached hydrogens (tertiary/aromatic N) is 1. The Bertz CT molecular complexity index is 556. The summed E-state index contributed by atoms with van der Waals surface area (Å²) >= 11 is -2.63. The van der Waals surface area contributed by atoms with Crippen LogP contribution >= 0.6 is 0 Å². The van der Waals surface area contributed by atoms with Crippen molar-refractivity contribution in [2.24, 2.45) is 0 Å². The first-order valence-electron chi connectivity index (χ1n) is 11.6. The Hall–Kier alpha value is -0.531. The molecule has 1 aliphatic heterocycles. The van der Waals surface area contributed by atoms with Crippen LogP contribution in [0.25, 0.3) is 0 Å². The van der Waals surface area contributed by atoms with Gasteiger partial charge in [0.15, 0.2) is 0 Å². The van der Waals surface area contributed by atoms with Crippen molar-refractivity contribution in [3.05, 3.63) is 12.1 Å². The maximum absolute atomic E-state index is 6.15. The van der Waals surface area contributed by atoms with Crippen LogP contribution in [0.4, 0.5) is 0 Å². The van der Waals surface area contributed by atoms with E-state index in [2.05, 4.69) is 26.8 Å². The predicted octanol–water partition coefficient (Wildman–Crippen LogP) is 4.94. The van der Waals surface area contributed by atoms with Gasteiger partial charge in [-0.3, -0.25) is 0 Å². The van der Waals surface area contributed by atoms with Crippen molar-refractivity contribution < 1.29 is 18.9 Å². The third-order valence-electron chi connectivity index (χ3n) is 5.88. The number of unbranched alkanes of at least 4 members (excludes halogenated alkanes) is 3. The van der Waals surface area contributed by atoms with E-state index < -0.39 is 18.4 Å². The Labute approximate surface area is 181 Å². The second kappa shape index (κ2) is 13.7. The second-order valence-electron chi connectivity index (χ2n) is 8.20. The summed E-state index contributed by atoms with van der Waals surface area (Å²) in [5.74, 6) is 1.55. The molecule has 0 spiro atoms. The zero-order chi connectivity index (χ0) is 21.0. The van der Waals surface area contributed by atoms with Crippen molar-refractivity contribution in [2.45, 2.75) is 78.7 Å². The van der Waals surface area contributed by atoms with Gasteiger partial charge in [-0.15, -0.1) is 0 Å². The normalized spacial score (nSPS) is 17.3. The molecule has 0 radical (unpaired) electrons. The van der Waals surface area contributed by atoms with Gasteiger partial charge in [0.2, 0.25) is 0 Å². The van der Waals surface area contributed by atoms with Crippen LogP contribution in [0.2, 0.25) is 13.3 Å². The van der Waals surface area contributed by atoms with E-state index >= 15 is 0 Å². The van der Waals surface area contributed by atoms with Crippen LogP contribution in [-0.4, -0.2) is 63.0 Å². The zero-order valence-corrected chi connectivity index (χ0v) is 21.9. The van der Waals surface area contributed by atoms with Crippen molar-refractivity contribution in [3.8, 4) is 11.6 Å². The molecule has 2 rings (SSSR count). The zero-order valence-electron chi connectivity index (χ0n) is 19.0. The van der Waals surface area contributed by atoms with E-state index in [0.29, 0.717) is 32.3 Å². The molecule has 166 valence electrons. The van der Waals surface area contributed by atoms with Crippen LogP contribution < -0.4 is 13.2 Å². The molecule has 5 nitrogen and oxygen atoms in total. The van der Waals surface area contributed by atoms with Gasteiger partial charge in [-0.1, -0.05) is 0 Å². The first-order chi connectivity index (χ1) is 14.2. The molecule has 0 aromatic carbocycles. The molecule has 0 aliphatic carbocycles. The van der Waals surface area contributed by atoms with E-state index in [9.17, 15) is 0 Å². The Morgan fingerprint density at radius 3 is 2.17 bits per heavy atom. The quantitative estimate of drug-likeness (QED) is 0.330. The van der Waals surface area contributed by atoms with Crippen LogP contribution in [0, 0.1) is 0 Å². The molecule has 0 N–H and O–H groups in total. The number of aromatic nitrogens is 1. The van der Waals surface area contributed by atoms with Gasteiger partial charge in [-0.2, -0.15) is 0 Å². The summed E-state index contributed by atoms with van der Waals surface area (Å²) in [6, 6.07) is 4.16. The van der Waals surface area contributed by atoms with Crippen LogP contribution in [0.5, 0.6) is 11.6 Å². The van der Waals surface area contributed by atoms with Gasteiger partial charge in [0.05, 0.1) is 0 Å². The molecule has 1 fully saturated rings. The minimum atomic E-state index is -2.63. The summed E-state index contributed by atoms with van der Waals surface area (Å²) in [6.45, 7) is 9.33. The number of hydrogen-bond donors (Lipinski definition) is 0. The van der Waals surface area contributed by atoms with Crippen molar-refractivity contribution >= 4 is 22.1 Å². The number of ether oxygens (including phenoxy) is 4. The number of pyridine rings is 1. The van der Waals surface area contributed by atoms with E-state index in [1.165, 1.54) is 55.5 Å². The van der Waals surface area contributed by atoms with Crippen molar-refractivity contribution in [2.75, 3.05) is 33.5 Å². The van der Waals surface area contributed by atoms with Crippen molar-refractivity contribution in [1.82, 2.24) is 4.98 Å². The fourth-order valence-electron chi connectivity index (χ4n) is 4.07. The average molecular weight is 514 g/mol. The molecular weight excluding hydrogens is 473 g/mol. The third kappa shape index (κ3) is 7.91. The average Bonchev–Trinajstić information content (AvgIpc) is 2.78. The molecule has 1 atom stereocenters. The van der Waals surface area contributed by atoms with Gasteiger partial charge in [-0.25, -0.2) is 0 Å². The second-order valence-corrected chi connectivity index (χ2v) is 21.3. The van der Waals surface area contributed by atoms with Crippen LogP contribution in [0.15, 0.2) is 12.1 Å². The Balaban J connectivity index is 2.28. The molecule has 0 amide bonds. The van der Waals surface area contributed by atoms with Crippen LogP contribution in [0.1, 0.15) is 59.3 Å². The monoisotopic (exact) mass is 515 g/mol. The van der Waals surface area contributed by atoms with E-state index in [4.69, 9.17) is 23.9 Å². The molecule has 1 aromatic rings. The van der Waals surface area contributed by atoms with Gasteiger partial charge in [0.1, 0.15) is 0 Å². The summed E-state index contributed by atoms with van der Waals surface area (Å²) in [7, 11) is 1.70. The molecule has 6 heteroatoms. The molecule has 0 saturated carbocycles. The Morgan fingerprint density at radius 2 is 1.66 bits per heavy atom. The molecule has 1 aromatic heterocycles.